The lowest BCUT2D eigenvalue weighted by Gasteiger charge is -2.11. The Balaban J connectivity index is 2.08. The predicted molar refractivity (Wildman–Crippen MR) is 75.0 cm³/mol. The summed E-state index contributed by atoms with van der Waals surface area (Å²) in [5.41, 5.74) is 6.93. The molecule has 1 aromatic heterocycles. The molecule has 0 amide bonds. The number of nitrogens with one attached hydrogen (secondary N) is 1. The molecule has 19 heavy (non-hydrogen) atoms. The van der Waals surface area contributed by atoms with Crippen molar-refractivity contribution in [2.75, 3.05) is 24.2 Å². The number of esters is 1. The van der Waals surface area contributed by atoms with E-state index in [2.05, 4.69) is 24.1 Å². The molecule has 1 heterocycles. The fourth-order valence-corrected chi connectivity index (χ4v) is 2.13. The molecule has 104 valence electrons. The van der Waals surface area contributed by atoms with Crippen LogP contribution in [0.4, 0.5) is 11.5 Å². The molecule has 5 heteroatoms. The molecule has 0 spiro atoms. The molecule has 1 atom stereocenters. The molecule has 0 aliphatic heterocycles. The first kappa shape index (κ1) is 13.6. The van der Waals surface area contributed by atoms with Gasteiger partial charge in [-0.1, -0.05) is 13.8 Å². The normalized spacial score (nSPS) is 19.8. The summed E-state index contributed by atoms with van der Waals surface area (Å²) >= 11 is 0. The van der Waals surface area contributed by atoms with E-state index in [0.29, 0.717) is 35.0 Å². The van der Waals surface area contributed by atoms with E-state index in [1.54, 1.807) is 19.2 Å². The van der Waals surface area contributed by atoms with Crippen molar-refractivity contribution in [3.05, 3.63) is 17.8 Å². The molecule has 2 rings (SSSR count). The van der Waals surface area contributed by atoms with Crippen molar-refractivity contribution in [2.24, 2.45) is 11.3 Å². The lowest BCUT2D eigenvalue weighted by atomic mass is 10.1. The van der Waals surface area contributed by atoms with E-state index in [9.17, 15) is 4.79 Å². The van der Waals surface area contributed by atoms with Crippen LogP contribution in [-0.4, -0.2) is 24.1 Å². The highest BCUT2D eigenvalue weighted by atomic mass is 16.5. The molecular formula is C14H21N3O2. The van der Waals surface area contributed by atoms with Crippen LogP contribution >= 0.6 is 0 Å². The van der Waals surface area contributed by atoms with Gasteiger partial charge < -0.3 is 15.8 Å². The van der Waals surface area contributed by atoms with Crippen molar-refractivity contribution in [1.29, 1.82) is 0 Å². The van der Waals surface area contributed by atoms with Crippen LogP contribution in [0.15, 0.2) is 12.3 Å². The largest absolute Gasteiger partial charge is 0.462 e. The van der Waals surface area contributed by atoms with Crippen LogP contribution in [0, 0.1) is 11.3 Å². The number of hydrogen-bond donors (Lipinski definition) is 2. The number of anilines is 2. The van der Waals surface area contributed by atoms with Gasteiger partial charge in [-0.05, 0) is 30.7 Å². The van der Waals surface area contributed by atoms with Gasteiger partial charge >= 0.3 is 5.97 Å². The fourth-order valence-electron chi connectivity index (χ4n) is 2.13. The first-order valence-corrected chi connectivity index (χ1v) is 6.60. The second-order valence-electron chi connectivity index (χ2n) is 5.66. The molecule has 5 nitrogen and oxygen atoms in total. The summed E-state index contributed by atoms with van der Waals surface area (Å²) in [6, 6.07) is 1.60. The van der Waals surface area contributed by atoms with Gasteiger partial charge in [-0.2, -0.15) is 0 Å². The van der Waals surface area contributed by atoms with Crippen LogP contribution in [0.1, 0.15) is 37.6 Å². The van der Waals surface area contributed by atoms with Gasteiger partial charge in [0.25, 0.3) is 0 Å². The van der Waals surface area contributed by atoms with Crippen molar-refractivity contribution in [1.82, 2.24) is 4.98 Å². The second kappa shape index (κ2) is 5.07. The first-order valence-electron chi connectivity index (χ1n) is 6.60. The van der Waals surface area contributed by atoms with E-state index in [-0.39, 0.29) is 5.97 Å². The fraction of sp³-hybridized carbons (Fsp3) is 0.571. The third-order valence-corrected chi connectivity index (χ3v) is 3.64. The molecule has 1 unspecified atom stereocenters. The van der Waals surface area contributed by atoms with Crippen LogP contribution in [0.3, 0.4) is 0 Å². The maximum absolute atomic E-state index is 11.8. The lowest BCUT2D eigenvalue weighted by molar-refractivity contribution is 0.0527. The highest BCUT2D eigenvalue weighted by Crippen LogP contribution is 2.51. The van der Waals surface area contributed by atoms with Crippen molar-refractivity contribution < 1.29 is 9.53 Å². The quantitative estimate of drug-likeness (QED) is 0.797. The van der Waals surface area contributed by atoms with Gasteiger partial charge in [0, 0.05) is 6.54 Å². The van der Waals surface area contributed by atoms with Crippen molar-refractivity contribution in [2.45, 2.75) is 27.2 Å². The molecular weight excluding hydrogens is 242 g/mol. The molecule has 1 aromatic rings. The van der Waals surface area contributed by atoms with Crippen LogP contribution in [0.25, 0.3) is 0 Å². The predicted octanol–water partition coefficient (Wildman–Crippen LogP) is 2.30. The zero-order valence-electron chi connectivity index (χ0n) is 11.7. The van der Waals surface area contributed by atoms with Gasteiger partial charge in [0.15, 0.2) is 0 Å². The Labute approximate surface area is 113 Å². The third-order valence-electron chi connectivity index (χ3n) is 3.64. The van der Waals surface area contributed by atoms with Gasteiger partial charge in [0.2, 0.25) is 0 Å². The van der Waals surface area contributed by atoms with Crippen LogP contribution < -0.4 is 11.1 Å². The summed E-state index contributed by atoms with van der Waals surface area (Å²) in [6.45, 7) is 7.40. The standard InChI is InChI=1S/C14H21N3O2/c1-4-19-13(18)11-5-10(15)8-17-12(11)16-7-9-6-14(9,2)3/h5,8-9H,4,6-7,15H2,1-3H3,(H,16,17). The number of ether oxygens (including phenoxy) is 1. The number of nitrogens with zero attached hydrogens (tertiary/aromatic N) is 1. The molecule has 3 N–H and O–H groups in total. The number of nitrogens with two attached hydrogens (primary N) is 1. The van der Waals surface area contributed by atoms with Gasteiger partial charge in [-0.15, -0.1) is 0 Å². The van der Waals surface area contributed by atoms with E-state index in [1.165, 1.54) is 6.42 Å². The molecule has 1 aliphatic carbocycles. The maximum Gasteiger partial charge on any atom is 0.341 e. The summed E-state index contributed by atoms with van der Waals surface area (Å²) in [5, 5.41) is 3.23. The van der Waals surface area contributed by atoms with E-state index < -0.39 is 0 Å². The summed E-state index contributed by atoms with van der Waals surface area (Å²) < 4.78 is 5.01. The Bertz CT molecular complexity index is 486. The monoisotopic (exact) mass is 263 g/mol. The number of pyridine rings is 1. The minimum Gasteiger partial charge on any atom is -0.462 e. The third kappa shape index (κ3) is 3.16. The smallest absolute Gasteiger partial charge is 0.341 e. The van der Waals surface area contributed by atoms with Crippen molar-refractivity contribution in [3.63, 3.8) is 0 Å². The number of aromatic nitrogens is 1. The Kier molecular flexibility index (Phi) is 3.64. The number of carbonyl (C=O) groups excluding carboxylic acids is 1. The average molecular weight is 263 g/mol. The van der Waals surface area contributed by atoms with Crippen LogP contribution in [-0.2, 0) is 4.74 Å². The van der Waals surface area contributed by atoms with Crippen LogP contribution in [0.2, 0.25) is 0 Å². The van der Waals surface area contributed by atoms with E-state index >= 15 is 0 Å². The van der Waals surface area contributed by atoms with E-state index in [1.807, 2.05) is 0 Å². The highest BCUT2D eigenvalue weighted by Gasteiger charge is 2.45. The molecule has 0 bridgehead atoms. The van der Waals surface area contributed by atoms with E-state index in [0.717, 1.165) is 6.54 Å². The minimum atomic E-state index is -0.389. The lowest BCUT2D eigenvalue weighted by Crippen LogP contribution is -2.14. The summed E-state index contributed by atoms with van der Waals surface area (Å²) in [6.07, 6.45) is 2.74. The van der Waals surface area contributed by atoms with Crippen molar-refractivity contribution >= 4 is 17.5 Å². The Morgan fingerprint density at radius 2 is 2.32 bits per heavy atom. The first-order chi connectivity index (χ1) is 8.94. The zero-order valence-corrected chi connectivity index (χ0v) is 11.7. The molecule has 0 saturated heterocycles. The van der Waals surface area contributed by atoms with Crippen molar-refractivity contribution in [3.8, 4) is 0 Å². The maximum atomic E-state index is 11.8. The molecule has 1 saturated carbocycles. The highest BCUT2D eigenvalue weighted by molar-refractivity contribution is 5.95. The average Bonchev–Trinajstić information content (AvgIpc) is 2.96. The Morgan fingerprint density at radius 1 is 1.63 bits per heavy atom. The number of rotatable bonds is 5. The summed E-state index contributed by atoms with van der Waals surface area (Å²) in [5.74, 6) is 0.789. The molecule has 1 fully saturated rings. The minimum absolute atomic E-state index is 0.336. The Hall–Kier alpha value is -1.78. The van der Waals surface area contributed by atoms with Gasteiger partial charge in [-0.25, -0.2) is 9.78 Å². The number of nitrogen functional groups attached to an aromatic ring is 1. The molecule has 0 aromatic carbocycles. The Morgan fingerprint density at radius 3 is 2.89 bits per heavy atom. The van der Waals surface area contributed by atoms with E-state index in [4.69, 9.17) is 10.5 Å². The topological polar surface area (TPSA) is 77.2 Å². The van der Waals surface area contributed by atoms with Gasteiger partial charge in [-0.3, -0.25) is 0 Å². The summed E-state index contributed by atoms with van der Waals surface area (Å²) in [4.78, 5) is 16.0. The molecule has 1 aliphatic rings. The van der Waals surface area contributed by atoms with Crippen LogP contribution in [0.5, 0.6) is 0 Å². The van der Waals surface area contributed by atoms with Gasteiger partial charge in [0.1, 0.15) is 11.4 Å². The zero-order chi connectivity index (χ0) is 14.0. The second-order valence-corrected chi connectivity index (χ2v) is 5.66. The number of carbonyl (C=O) groups is 1. The SMILES string of the molecule is CCOC(=O)c1cc(N)cnc1NCC1CC1(C)C. The number of hydrogen-bond acceptors (Lipinski definition) is 5. The summed E-state index contributed by atoms with van der Waals surface area (Å²) in [7, 11) is 0. The molecule has 0 radical (unpaired) electrons. The van der Waals surface area contributed by atoms with Gasteiger partial charge in [0.05, 0.1) is 18.5 Å².